The van der Waals surface area contributed by atoms with Gasteiger partial charge in [-0.1, -0.05) is 32.0 Å². The van der Waals surface area contributed by atoms with Gasteiger partial charge in [-0.3, -0.25) is 0 Å². The molecule has 3 heteroatoms. The number of anilines is 1. The van der Waals surface area contributed by atoms with Crippen LogP contribution in [0.15, 0.2) is 30.5 Å². The van der Waals surface area contributed by atoms with Crippen molar-refractivity contribution in [2.45, 2.75) is 33.6 Å². The van der Waals surface area contributed by atoms with E-state index in [1.54, 1.807) is 0 Å². The maximum absolute atomic E-state index is 4.63. The van der Waals surface area contributed by atoms with Gasteiger partial charge in [0.25, 0.3) is 0 Å². The van der Waals surface area contributed by atoms with Crippen LogP contribution in [0, 0.1) is 6.92 Å². The lowest BCUT2D eigenvalue weighted by Crippen LogP contribution is -2.05. The second-order valence-corrected chi connectivity index (χ2v) is 4.71. The van der Waals surface area contributed by atoms with E-state index in [0.717, 1.165) is 30.6 Å². The van der Waals surface area contributed by atoms with Crippen LogP contribution in [0.2, 0.25) is 0 Å². The monoisotopic (exact) mass is 255 g/mol. The normalized spacial score (nSPS) is 10.5. The van der Waals surface area contributed by atoms with E-state index < -0.39 is 0 Å². The molecule has 0 bridgehead atoms. The molecule has 2 aromatic rings. The summed E-state index contributed by atoms with van der Waals surface area (Å²) in [7, 11) is 0. The summed E-state index contributed by atoms with van der Waals surface area (Å²) in [6.45, 7) is 7.25. The standard InChI is InChI=1S/C16H21N3/c1-4-9-17-16-18-11-12(3)15(19-16)14-8-6-7-13(5-2)10-14/h6-8,10-11H,4-5,9H2,1-3H3,(H,17,18,19). The molecule has 2 rings (SSSR count). The van der Waals surface area contributed by atoms with E-state index in [1.807, 2.05) is 6.20 Å². The Bertz CT molecular complexity index is 549. The number of nitrogens with one attached hydrogen (secondary N) is 1. The summed E-state index contributed by atoms with van der Waals surface area (Å²) in [6, 6.07) is 8.56. The largest absolute Gasteiger partial charge is 0.354 e. The number of nitrogens with zero attached hydrogens (tertiary/aromatic N) is 2. The molecule has 0 aliphatic rings. The van der Waals surface area contributed by atoms with Gasteiger partial charge in [-0.05, 0) is 37.0 Å². The average molecular weight is 255 g/mol. The first-order chi connectivity index (χ1) is 9.24. The Morgan fingerprint density at radius 3 is 2.79 bits per heavy atom. The molecule has 1 N–H and O–H groups in total. The zero-order chi connectivity index (χ0) is 13.7. The van der Waals surface area contributed by atoms with Gasteiger partial charge >= 0.3 is 0 Å². The fourth-order valence-corrected chi connectivity index (χ4v) is 1.99. The van der Waals surface area contributed by atoms with E-state index in [2.05, 4.69) is 60.3 Å². The highest BCUT2D eigenvalue weighted by atomic mass is 15.1. The van der Waals surface area contributed by atoms with Crippen molar-refractivity contribution in [2.75, 3.05) is 11.9 Å². The third kappa shape index (κ3) is 3.31. The summed E-state index contributed by atoms with van der Waals surface area (Å²) >= 11 is 0. The molecule has 0 saturated carbocycles. The predicted molar refractivity (Wildman–Crippen MR) is 80.4 cm³/mol. The fourth-order valence-electron chi connectivity index (χ4n) is 1.99. The van der Waals surface area contributed by atoms with Gasteiger partial charge in [-0.15, -0.1) is 0 Å². The molecule has 0 atom stereocenters. The number of benzene rings is 1. The second kappa shape index (κ2) is 6.32. The fraction of sp³-hybridized carbons (Fsp3) is 0.375. The Kier molecular flexibility index (Phi) is 4.50. The van der Waals surface area contributed by atoms with E-state index in [4.69, 9.17) is 0 Å². The van der Waals surface area contributed by atoms with Crippen molar-refractivity contribution in [1.29, 1.82) is 0 Å². The van der Waals surface area contributed by atoms with Crippen molar-refractivity contribution < 1.29 is 0 Å². The SMILES string of the molecule is CCCNc1ncc(C)c(-c2cccc(CC)c2)n1. The Hall–Kier alpha value is -1.90. The number of hydrogen-bond acceptors (Lipinski definition) is 3. The molecule has 0 radical (unpaired) electrons. The Balaban J connectivity index is 2.36. The van der Waals surface area contributed by atoms with Gasteiger partial charge in [0.05, 0.1) is 5.69 Å². The average Bonchev–Trinajstić information content (AvgIpc) is 2.46. The molecule has 1 heterocycles. The molecule has 0 aliphatic carbocycles. The van der Waals surface area contributed by atoms with Crippen LogP contribution in [-0.2, 0) is 6.42 Å². The van der Waals surface area contributed by atoms with Crippen molar-refractivity contribution in [3.63, 3.8) is 0 Å². The summed E-state index contributed by atoms with van der Waals surface area (Å²) in [5.74, 6) is 0.712. The molecule has 1 aromatic carbocycles. The zero-order valence-electron chi connectivity index (χ0n) is 11.9. The summed E-state index contributed by atoms with van der Waals surface area (Å²) in [4.78, 5) is 8.96. The van der Waals surface area contributed by atoms with Crippen LogP contribution in [0.4, 0.5) is 5.95 Å². The van der Waals surface area contributed by atoms with Gasteiger partial charge in [0.1, 0.15) is 0 Å². The lowest BCUT2D eigenvalue weighted by atomic mass is 10.0. The van der Waals surface area contributed by atoms with Gasteiger partial charge in [-0.2, -0.15) is 0 Å². The van der Waals surface area contributed by atoms with E-state index >= 15 is 0 Å². The maximum Gasteiger partial charge on any atom is 0.223 e. The lowest BCUT2D eigenvalue weighted by molar-refractivity contribution is 0.950. The summed E-state index contributed by atoms with van der Waals surface area (Å²) in [6.07, 6.45) is 4.00. The van der Waals surface area contributed by atoms with Crippen LogP contribution in [-0.4, -0.2) is 16.5 Å². The summed E-state index contributed by atoms with van der Waals surface area (Å²) in [5, 5.41) is 3.24. The Morgan fingerprint density at radius 1 is 1.21 bits per heavy atom. The summed E-state index contributed by atoms with van der Waals surface area (Å²) < 4.78 is 0. The van der Waals surface area contributed by atoms with Crippen LogP contribution in [0.5, 0.6) is 0 Å². The smallest absolute Gasteiger partial charge is 0.223 e. The zero-order valence-corrected chi connectivity index (χ0v) is 11.9. The highest BCUT2D eigenvalue weighted by molar-refractivity contribution is 5.64. The number of aryl methyl sites for hydroxylation is 2. The maximum atomic E-state index is 4.63. The molecular weight excluding hydrogens is 234 g/mol. The van der Waals surface area contributed by atoms with Gasteiger partial charge in [0.15, 0.2) is 0 Å². The Labute approximate surface area is 115 Å². The molecule has 0 spiro atoms. The minimum Gasteiger partial charge on any atom is -0.354 e. The lowest BCUT2D eigenvalue weighted by Gasteiger charge is -2.09. The van der Waals surface area contributed by atoms with Crippen molar-refractivity contribution in [3.05, 3.63) is 41.6 Å². The van der Waals surface area contributed by atoms with E-state index in [9.17, 15) is 0 Å². The van der Waals surface area contributed by atoms with Crippen molar-refractivity contribution in [1.82, 2.24) is 9.97 Å². The van der Waals surface area contributed by atoms with Crippen LogP contribution >= 0.6 is 0 Å². The van der Waals surface area contributed by atoms with Gasteiger partial charge < -0.3 is 5.32 Å². The predicted octanol–water partition coefficient (Wildman–Crippen LogP) is 3.84. The van der Waals surface area contributed by atoms with Crippen molar-refractivity contribution >= 4 is 5.95 Å². The highest BCUT2D eigenvalue weighted by Gasteiger charge is 2.06. The quantitative estimate of drug-likeness (QED) is 0.882. The molecule has 0 unspecified atom stereocenters. The first-order valence-electron chi connectivity index (χ1n) is 6.91. The number of aromatic nitrogens is 2. The third-order valence-electron chi connectivity index (χ3n) is 3.11. The molecule has 0 amide bonds. The van der Waals surface area contributed by atoms with Gasteiger partial charge in [-0.25, -0.2) is 9.97 Å². The molecule has 19 heavy (non-hydrogen) atoms. The Morgan fingerprint density at radius 2 is 2.05 bits per heavy atom. The highest BCUT2D eigenvalue weighted by Crippen LogP contribution is 2.22. The first kappa shape index (κ1) is 13.5. The molecule has 100 valence electrons. The number of rotatable bonds is 5. The van der Waals surface area contributed by atoms with Crippen LogP contribution in [0.3, 0.4) is 0 Å². The topological polar surface area (TPSA) is 37.8 Å². The molecule has 0 saturated heterocycles. The van der Waals surface area contributed by atoms with Gasteiger partial charge in [0, 0.05) is 18.3 Å². The molecule has 0 fully saturated rings. The van der Waals surface area contributed by atoms with Crippen LogP contribution in [0.25, 0.3) is 11.3 Å². The van der Waals surface area contributed by atoms with Crippen molar-refractivity contribution in [2.24, 2.45) is 0 Å². The second-order valence-electron chi connectivity index (χ2n) is 4.71. The molecular formula is C16H21N3. The van der Waals surface area contributed by atoms with E-state index in [1.165, 1.54) is 11.1 Å². The van der Waals surface area contributed by atoms with Crippen LogP contribution in [0.1, 0.15) is 31.4 Å². The summed E-state index contributed by atoms with van der Waals surface area (Å²) in [5.41, 5.74) is 4.62. The molecule has 0 aliphatic heterocycles. The van der Waals surface area contributed by atoms with E-state index in [-0.39, 0.29) is 0 Å². The van der Waals surface area contributed by atoms with Gasteiger partial charge in [0.2, 0.25) is 5.95 Å². The minimum absolute atomic E-state index is 0.712. The first-order valence-corrected chi connectivity index (χ1v) is 6.91. The molecule has 3 nitrogen and oxygen atoms in total. The van der Waals surface area contributed by atoms with Crippen LogP contribution < -0.4 is 5.32 Å². The third-order valence-corrected chi connectivity index (χ3v) is 3.11. The molecule has 1 aromatic heterocycles. The van der Waals surface area contributed by atoms with E-state index in [0.29, 0.717) is 5.95 Å². The minimum atomic E-state index is 0.712. The van der Waals surface area contributed by atoms with Crippen molar-refractivity contribution in [3.8, 4) is 11.3 Å². The number of hydrogen-bond donors (Lipinski definition) is 1.